The van der Waals surface area contributed by atoms with Gasteiger partial charge in [0.15, 0.2) is 5.65 Å². The second kappa shape index (κ2) is 11.3. The third-order valence-corrected chi connectivity index (χ3v) is 7.63. The number of benzene rings is 2. The Hall–Kier alpha value is -3.91. The van der Waals surface area contributed by atoms with Crippen LogP contribution in [0.5, 0.6) is 0 Å². The van der Waals surface area contributed by atoms with Crippen molar-refractivity contribution in [3.63, 3.8) is 0 Å². The van der Waals surface area contributed by atoms with Gasteiger partial charge < -0.3 is 15.1 Å². The predicted octanol–water partition coefficient (Wildman–Crippen LogP) is 5.86. The molecule has 3 heterocycles. The van der Waals surface area contributed by atoms with E-state index in [1.807, 2.05) is 22.9 Å². The predicted molar refractivity (Wildman–Crippen MR) is 165 cm³/mol. The standard InChI is InChI=1S/C32H41N7O/c1-7-9-10-17-38-30(40)27-20-33-31(34-24-14-15-28-23(18-24)21-36(5)22-32(28,3)4)35-29(27)39(38)26-13-11-12-25(19-26)37(6)16-8-2/h9-15,18-20H,7-8,16-17,21-22H2,1-6H3,(H,33,34,35)/b10-9-. The fourth-order valence-corrected chi connectivity index (χ4v) is 5.88. The van der Waals surface area contributed by atoms with Crippen molar-refractivity contribution >= 4 is 28.4 Å². The van der Waals surface area contributed by atoms with Crippen LogP contribution in [0, 0.1) is 0 Å². The molecule has 0 amide bonds. The van der Waals surface area contributed by atoms with Gasteiger partial charge in [0.1, 0.15) is 5.39 Å². The van der Waals surface area contributed by atoms with Crippen LogP contribution < -0.4 is 15.8 Å². The summed E-state index contributed by atoms with van der Waals surface area (Å²) in [5.74, 6) is 0.463. The summed E-state index contributed by atoms with van der Waals surface area (Å²) in [5, 5.41) is 3.90. The van der Waals surface area contributed by atoms with Crippen molar-refractivity contribution in [3.8, 4) is 5.69 Å². The van der Waals surface area contributed by atoms with Crippen LogP contribution in [-0.2, 0) is 18.5 Å². The fourth-order valence-electron chi connectivity index (χ4n) is 5.88. The molecule has 5 rings (SSSR count). The topological polar surface area (TPSA) is 71.2 Å². The van der Waals surface area contributed by atoms with Gasteiger partial charge in [0.05, 0.1) is 12.2 Å². The average Bonchev–Trinajstić information content (AvgIpc) is 3.19. The van der Waals surface area contributed by atoms with Gasteiger partial charge in [-0.2, -0.15) is 4.98 Å². The molecule has 0 atom stereocenters. The third-order valence-electron chi connectivity index (χ3n) is 7.63. The van der Waals surface area contributed by atoms with Crippen LogP contribution in [-0.4, -0.2) is 51.4 Å². The van der Waals surface area contributed by atoms with Gasteiger partial charge in [-0.15, -0.1) is 0 Å². The molecule has 4 aromatic rings. The maximum absolute atomic E-state index is 13.6. The number of rotatable bonds is 9. The highest BCUT2D eigenvalue weighted by Gasteiger charge is 2.30. The fraction of sp³-hybridized carbons (Fsp3) is 0.406. The summed E-state index contributed by atoms with van der Waals surface area (Å²) in [4.78, 5) is 27.6. The van der Waals surface area contributed by atoms with Crippen LogP contribution in [0.25, 0.3) is 16.7 Å². The zero-order chi connectivity index (χ0) is 28.4. The van der Waals surface area contributed by atoms with Crippen molar-refractivity contribution in [1.82, 2.24) is 24.2 Å². The number of allylic oxidation sites excluding steroid dienone is 2. The zero-order valence-corrected chi connectivity index (χ0v) is 24.6. The second-order valence-electron chi connectivity index (χ2n) is 11.5. The van der Waals surface area contributed by atoms with Crippen molar-refractivity contribution in [3.05, 3.63) is 82.3 Å². The van der Waals surface area contributed by atoms with Gasteiger partial charge in [-0.3, -0.25) is 4.79 Å². The number of likely N-dealkylation sites (N-methyl/N-ethyl adjacent to an activating group) is 1. The summed E-state index contributed by atoms with van der Waals surface area (Å²) < 4.78 is 3.67. The monoisotopic (exact) mass is 539 g/mol. The normalized spacial score (nSPS) is 15.1. The third kappa shape index (κ3) is 5.41. The highest BCUT2D eigenvalue weighted by Crippen LogP contribution is 2.34. The summed E-state index contributed by atoms with van der Waals surface area (Å²) in [7, 11) is 4.26. The molecule has 8 heteroatoms. The minimum Gasteiger partial charge on any atom is -0.375 e. The molecule has 0 unspecified atom stereocenters. The number of aromatic nitrogens is 4. The molecule has 1 aliphatic heterocycles. The summed E-state index contributed by atoms with van der Waals surface area (Å²) in [6.07, 6.45) is 7.72. The molecule has 0 saturated heterocycles. The van der Waals surface area contributed by atoms with E-state index in [9.17, 15) is 4.79 Å². The molecule has 2 aromatic carbocycles. The molecule has 8 nitrogen and oxygen atoms in total. The van der Waals surface area contributed by atoms with E-state index in [0.717, 1.165) is 49.5 Å². The Morgan fingerprint density at radius 2 is 1.95 bits per heavy atom. The Balaban J connectivity index is 1.58. The molecule has 0 spiro atoms. The average molecular weight is 540 g/mol. The van der Waals surface area contributed by atoms with E-state index in [4.69, 9.17) is 4.98 Å². The molecule has 1 aliphatic rings. The van der Waals surface area contributed by atoms with Gasteiger partial charge in [-0.1, -0.05) is 52.0 Å². The van der Waals surface area contributed by atoms with Crippen molar-refractivity contribution in [2.24, 2.45) is 0 Å². The lowest BCUT2D eigenvalue weighted by atomic mass is 9.78. The molecule has 210 valence electrons. The van der Waals surface area contributed by atoms with Gasteiger partial charge >= 0.3 is 0 Å². The van der Waals surface area contributed by atoms with Crippen molar-refractivity contribution < 1.29 is 0 Å². The molecule has 0 saturated carbocycles. The number of nitrogens with one attached hydrogen (secondary N) is 1. The first-order valence-electron chi connectivity index (χ1n) is 14.3. The van der Waals surface area contributed by atoms with Crippen molar-refractivity contribution in [1.29, 1.82) is 0 Å². The Bertz CT molecular complexity index is 1600. The van der Waals surface area contributed by atoms with E-state index in [2.05, 4.69) is 98.3 Å². The summed E-state index contributed by atoms with van der Waals surface area (Å²) in [6.45, 7) is 12.2. The smallest absolute Gasteiger partial charge is 0.278 e. The van der Waals surface area contributed by atoms with Crippen molar-refractivity contribution in [2.75, 3.05) is 37.4 Å². The molecule has 2 aromatic heterocycles. The molecule has 1 N–H and O–H groups in total. The van der Waals surface area contributed by atoms with Gasteiger partial charge in [0, 0.05) is 49.7 Å². The maximum Gasteiger partial charge on any atom is 0.278 e. The Morgan fingerprint density at radius 3 is 2.73 bits per heavy atom. The minimum absolute atomic E-state index is 0.0984. The molecular formula is C32H41N7O. The quantitative estimate of drug-likeness (QED) is 0.269. The molecule has 0 fully saturated rings. The van der Waals surface area contributed by atoms with Gasteiger partial charge in [0.25, 0.3) is 5.56 Å². The van der Waals surface area contributed by atoms with Crippen LogP contribution in [0.1, 0.15) is 51.7 Å². The van der Waals surface area contributed by atoms with E-state index in [1.54, 1.807) is 10.9 Å². The highest BCUT2D eigenvalue weighted by molar-refractivity contribution is 5.77. The molecule has 40 heavy (non-hydrogen) atoms. The maximum atomic E-state index is 13.6. The van der Waals surface area contributed by atoms with Crippen LogP contribution >= 0.6 is 0 Å². The number of hydrogen-bond acceptors (Lipinski definition) is 6. The van der Waals surface area contributed by atoms with E-state index in [1.165, 1.54) is 11.1 Å². The lowest BCUT2D eigenvalue weighted by Gasteiger charge is -2.38. The summed E-state index contributed by atoms with van der Waals surface area (Å²) in [5.41, 5.74) is 6.19. The molecule has 0 bridgehead atoms. The van der Waals surface area contributed by atoms with E-state index in [0.29, 0.717) is 23.5 Å². The molecule has 0 aliphatic carbocycles. The second-order valence-corrected chi connectivity index (χ2v) is 11.5. The first-order chi connectivity index (χ1) is 19.2. The number of fused-ring (bicyclic) bond motifs is 2. The Morgan fingerprint density at radius 1 is 1.12 bits per heavy atom. The minimum atomic E-state index is -0.103. The lowest BCUT2D eigenvalue weighted by Crippen LogP contribution is -2.39. The van der Waals surface area contributed by atoms with Gasteiger partial charge in [0.2, 0.25) is 5.95 Å². The number of nitrogens with zero attached hydrogens (tertiary/aromatic N) is 6. The summed E-state index contributed by atoms with van der Waals surface area (Å²) >= 11 is 0. The number of anilines is 3. The largest absolute Gasteiger partial charge is 0.375 e. The van der Waals surface area contributed by atoms with E-state index < -0.39 is 0 Å². The Labute approximate surface area is 236 Å². The summed E-state index contributed by atoms with van der Waals surface area (Å²) in [6, 6.07) is 14.8. The van der Waals surface area contributed by atoms with Gasteiger partial charge in [-0.05, 0) is 61.3 Å². The van der Waals surface area contributed by atoms with Crippen LogP contribution in [0.3, 0.4) is 0 Å². The SMILES string of the molecule is CC/C=C\Cn1c(=O)c2cnc(Nc3ccc4c(c3)CN(C)CC4(C)C)nc2n1-c1cccc(N(C)CCC)c1. The van der Waals surface area contributed by atoms with Crippen LogP contribution in [0.15, 0.2) is 65.6 Å². The molecular weight excluding hydrogens is 498 g/mol. The lowest BCUT2D eigenvalue weighted by molar-refractivity contribution is 0.236. The Kier molecular flexibility index (Phi) is 7.81. The zero-order valence-electron chi connectivity index (χ0n) is 24.6. The van der Waals surface area contributed by atoms with Crippen LogP contribution in [0.4, 0.5) is 17.3 Å². The first-order valence-corrected chi connectivity index (χ1v) is 14.3. The van der Waals surface area contributed by atoms with Crippen LogP contribution in [0.2, 0.25) is 0 Å². The van der Waals surface area contributed by atoms with E-state index >= 15 is 0 Å². The molecule has 0 radical (unpaired) electrons. The first kappa shape index (κ1) is 27.6. The number of hydrogen-bond donors (Lipinski definition) is 1. The van der Waals surface area contributed by atoms with Crippen molar-refractivity contribution in [2.45, 2.75) is 59.0 Å². The highest BCUT2D eigenvalue weighted by atomic mass is 16.1. The van der Waals surface area contributed by atoms with E-state index in [-0.39, 0.29) is 11.0 Å². The van der Waals surface area contributed by atoms with Gasteiger partial charge in [-0.25, -0.2) is 14.3 Å².